The van der Waals surface area contributed by atoms with Gasteiger partial charge in [-0.15, -0.1) is 11.8 Å². The third kappa shape index (κ3) is 4.55. The average Bonchev–Trinajstić information content (AvgIpc) is 2.86. The summed E-state index contributed by atoms with van der Waals surface area (Å²) in [4.78, 5) is 35.0. The number of anilines is 1. The highest BCUT2D eigenvalue weighted by atomic mass is 35.5. The number of piperazine rings is 1. The number of ether oxygens (including phenoxy) is 1. The topological polar surface area (TPSA) is 87.9 Å². The Bertz CT molecular complexity index is 1150. The van der Waals surface area contributed by atoms with Crippen molar-refractivity contribution in [2.45, 2.75) is 76.8 Å². The number of thioether (sulfide) groups is 1. The molecule has 1 amide bonds. The van der Waals surface area contributed by atoms with Gasteiger partial charge in [-0.3, -0.25) is 9.47 Å². The number of aliphatic hydroxyl groups is 1. The summed E-state index contributed by atoms with van der Waals surface area (Å²) in [5.41, 5.74) is 0.634. The fourth-order valence-electron chi connectivity index (χ4n) is 4.65. The zero-order chi connectivity index (χ0) is 24.2. The summed E-state index contributed by atoms with van der Waals surface area (Å²) >= 11 is 8.10. The largest absolute Gasteiger partial charge is 0.444 e. The molecule has 10 heteroatoms. The number of hydrogen-bond acceptors (Lipinski definition) is 7. The third-order valence-corrected chi connectivity index (χ3v) is 7.79. The van der Waals surface area contributed by atoms with E-state index in [9.17, 15) is 14.7 Å². The summed E-state index contributed by atoms with van der Waals surface area (Å²) in [6, 6.07) is 1.69. The Morgan fingerprint density at radius 3 is 2.48 bits per heavy atom. The molecule has 1 N–H and O–H groups in total. The van der Waals surface area contributed by atoms with Gasteiger partial charge in [0, 0.05) is 24.2 Å². The highest BCUT2D eigenvalue weighted by molar-refractivity contribution is 7.99. The van der Waals surface area contributed by atoms with Gasteiger partial charge < -0.3 is 14.7 Å². The van der Waals surface area contributed by atoms with Gasteiger partial charge in [-0.05, 0) is 53.2 Å². The Morgan fingerprint density at radius 2 is 1.88 bits per heavy atom. The SMILES string of the molecule is Cc1cc2c(N3C[C@@H](C)N(C(=O)OC(C)(C)C)[C@@H](C)C3)nc(=O)n3c2c(c1Cl)SC[C@@H](O)C3. The highest BCUT2D eigenvalue weighted by Gasteiger charge is 2.37. The van der Waals surface area contributed by atoms with Crippen LogP contribution in [0.3, 0.4) is 0 Å². The molecule has 180 valence electrons. The van der Waals surface area contributed by atoms with Crippen molar-refractivity contribution in [2.75, 3.05) is 23.7 Å². The number of amides is 1. The van der Waals surface area contributed by atoms with E-state index in [1.807, 2.05) is 47.6 Å². The van der Waals surface area contributed by atoms with E-state index in [1.165, 1.54) is 16.3 Å². The number of aliphatic hydroxyl groups excluding tert-OH is 1. The fourth-order valence-corrected chi connectivity index (χ4v) is 6.07. The van der Waals surface area contributed by atoms with Crippen LogP contribution in [0, 0.1) is 6.92 Å². The molecule has 1 aromatic heterocycles. The van der Waals surface area contributed by atoms with E-state index in [2.05, 4.69) is 9.88 Å². The standard InChI is InChI=1S/C23H31ClN4O4S/c1-12-7-16-18-19(17(12)24)33-11-15(29)10-27(18)21(30)25-20(16)26-8-13(2)28(14(3)9-26)22(31)32-23(4,5)6/h7,13-15,29H,8-11H2,1-6H3/t13-,14+,15-/m0/s1. The average molecular weight is 495 g/mol. The second-order valence-electron chi connectivity index (χ2n) is 10.0. The van der Waals surface area contributed by atoms with E-state index in [0.29, 0.717) is 29.7 Å². The maximum atomic E-state index is 13.1. The number of carbonyl (C=O) groups is 1. The Labute approximate surface area is 202 Å². The predicted octanol–water partition coefficient (Wildman–Crippen LogP) is 3.66. The molecule has 0 aliphatic carbocycles. The molecule has 0 spiro atoms. The molecule has 0 saturated carbocycles. The maximum absolute atomic E-state index is 13.1. The van der Waals surface area contributed by atoms with Crippen molar-refractivity contribution in [2.24, 2.45) is 0 Å². The van der Waals surface area contributed by atoms with Crippen LogP contribution < -0.4 is 10.6 Å². The van der Waals surface area contributed by atoms with Crippen LogP contribution in [-0.2, 0) is 11.3 Å². The molecule has 0 bridgehead atoms. The zero-order valence-electron chi connectivity index (χ0n) is 19.9. The first-order valence-electron chi connectivity index (χ1n) is 11.2. The van der Waals surface area contributed by atoms with Gasteiger partial charge >= 0.3 is 11.8 Å². The second-order valence-corrected chi connectivity index (χ2v) is 11.4. The summed E-state index contributed by atoms with van der Waals surface area (Å²) in [7, 11) is 0. The van der Waals surface area contributed by atoms with Gasteiger partial charge in [0.05, 0.1) is 40.2 Å². The number of rotatable bonds is 1. The molecule has 1 aromatic carbocycles. The maximum Gasteiger partial charge on any atom is 0.410 e. The number of carbonyl (C=O) groups excluding carboxylic acids is 1. The Balaban J connectivity index is 1.78. The Morgan fingerprint density at radius 1 is 1.24 bits per heavy atom. The lowest BCUT2D eigenvalue weighted by atomic mass is 10.1. The van der Waals surface area contributed by atoms with Crippen molar-refractivity contribution in [3.8, 4) is 0 Å². The Kier molecular flexibility index (Phi) is 6.35. The molecule has 2 aliphatic rings. The number of aryl methyl sites for hydroxylation is 1. The van der Waals surface area contributed by atoms with E-state index in [0.717, 1.165) is 21.4 Å². The number of benzene rings is 1. The molecule has 33 heavy (non-hydrogen) atoms. The first-order chi connectivity index (χ1) is 15.4. The summed E-state index contributed by atoms with van der Waals surface area (Å²) < 4.78 is 7.15. The quantitative estimate of drug-likeness (QED) is 0.647. The van der Waals surface area contributed by atoms with Crippen molar-refractivity contribution in [1.82, 2.24) is 14.5 Å². The van der Waals surface area contributed by atoms with Crippen LogP contribution in [0.1, 0.15) is 40.2 Å². The molecule has 0 unspecified atom stereocenters. The lowest BCUT2D eigenvalue weighted by molar-refractivity contribution is 0.00562. The molecule has 4 rings (SSSR count). The van der Waals surface area contributed by atoms with Crippen LogP contribution in [-0.4, -0.2) is 68.3 Å². The summed E-state index contributed by atoms with van der Waals surface area (Å²) in [5, 5.41) is 11.8. The van der Waals surface area contributed by atoms with Crippen LogP contribution >= 0.6 is 23.4 Å². The molecular formula is C23H31ClN4O4S. The van der Waals surface area contributed by atoms with Gasteiger partial charge in [0.15, 0.2) is 0 Å². The van der Waals surface area contributed by atoms with Gasteiger partial charge in [0.1, 0.15) is 11.4 Å². The molecule has 1 saturated heterocycles. The van der Waals surface area contributed by atoms with E-state index in [1.54, 1.807) is 4.90 Å². The molecule has 1 fully saturated rings. The molecule has 2 aromatic rings. The monoisotopic (exact) mass is 494 g/mol. The second kappa shape index (κ2) is 8.67. The van der Waals surface area contributed by atoms with Gasteiger partial charge in [-0.1, -0.05) is 11.6 Å². The van der Waals surface area contributed by atoms with Crippen LogP contribution in [0.2, 0.25) is 5.02 Å². The minimum atomic E-state index is -0.662. The van der Waals surface area contributed by atoms with E-state index in [4.69, 9.17) is 16.3 Å². The predicted molar refractivity (Wildman–Crippen MR) is 132 cm³/mol. The van der Waals surface area contributed by atoms with Crippen molar-refractivity contribution >= 4 is 46.2 Å². The number of hydrogen-bond donors (Lipinski definition) is 1. The summed E-state index contributed by atoms with van der Waals surface area (Å²) in [6.45, 7) is 12.7. The van der Waals surface area contributed by atoms with Crippen LogP contribution in [0.4, 0.5) is 10.6 Å². The molecule has 2 aliphatic heterocycles. The van der Waals surface area contributed by atoms with Gasteiger partial charge in [0.2, 0.25) is 0 Å². The van der Waals surface area contributed by atoms with Crippen molar-refractivity contribution in [3.05, 3.63) is 27.1 Å². The van der Waals surface area contributed by atoms with Crippen LogP contribution in [0.25, 0.3) is 10.9 Å². The number of halogens is 1. The normalized spacial score (nSPS) is 23.6. The van der Waals surface area contributed by atoms with Crippen LogP contribution in [0.5, 0.6) is 0 Å². The van der Waals surface area contributed by atoms with Gasteiger partial charge in [0.25, 0.3) is 0 Å². The fraction of sp³-hybridized carbons (Fsp3) is 0.609. The first-order valence-corrected chi connectivity index (χ1v) is 12.5. The van der Waals surface area contributed by atoms with Gasteiger partial charge in [-0.25, -0.2) is 9.59 Å². The van der Waals surface area contributed by atoms with E-state index in [-0.39, 0.29) is 24.7 Å². The van der Waals surface area contributed by atoms with Gasteiger partial charge in [-0.2, -0.15) is 4.98 Å². The first kappa shape index (κ1) is 24.2. The lowest BCUT2D eigenvalue weighted by Crippen LogP contribution is -2.59. The third-order valence-electron chi connectivity index (χ3n) is 5.96. The molecule has 3 atom stereocenters. The van der Waals surface area contributed by atoms with E-state index < -0.39 is 17.4 Å². The number of aromatic nitrogens is 2. The highest BCUT2D eigenvalue weighted by Crippen LogP contribution is 2.41. The zero-order valence-corrected chi connectivity index (χ0v) is 21.5. The van der Waals surface area contributed by atoms with Crippen molar-refractivity contribution < 1.29 is 14.6 Å². The smallest absolute Gasteiger partial charge is 0.410 e. The molecule has 3 heterocycles. The lowest BCUT2D eigenvalue weighted by Gasteiger charge is -2.45. The molecular weight excluding hydrogens is 464 g/mol. The summed E-state index contributed by atoms with van der Waals surface area (Å²) in [5.74, 6) is 1.05. The van der Waals surface area contributed by atoms with Crippen LogP contribution in [0.15, 0.2) is 15.8 Å². The minimum absolute atomic E-state index is 0.136. The minimum Gasteiger partial charge on any atom is -0.444 e. The van der Waals surface area contributed by atoms with E-state index >= 15 is 0 Å². The van der Waals surface area contributed by atoms with Crippen molar-refractivity contribution in [1.29, 1.82) is 0 Å². The molecule has 0 radical (unpaired) electrons. The Hall–Kier alpha value is -1.97. The van der Waals surface area contributed by atoms with Crippen molar-refractivity contribution in [3.63, 3.8) is 0 Å². The summed E-state index contributed by atoms with van der Waals surface area (Å²) in [6.07, 6.45) is -0.999. The number of nitrogens with zero attached hydrogens (tertiary/aromatic N) is 4. The molecule has 8 nitrogen and oxygen atoms in total.